The molecule has 0 saturated heterocycles. The Morgan fingerprint density at radius 1 is 0.700 bits per heavy atom. The van der Waals surface area contributed by atoms with E-state index in [-0.39, 0.29) is 16.9 Å². The lowest BCUT2D eigenvalue weighted by atomic mass is 10.1. The Hall–Kier alpha value is -3.93. The number of rotatable bonds is 5. The van der Waals surface area contributed by atoms with Crippen LogP contribution in [-0.4, -0.2) is 17.8 Å². The van der Waals surface area contributed by atoms with Crippen molar-refractivity contribution < 1.29 is 19.1 Å². The molecule has 0 atom stereocenters. The van der Waals surface area contributed by atoms with Crippen molar-refractivity contribution in [1.82, 2.24) is 0 Å². The van der Waals surface area contributed by atoms with E-state index >= 15 is 0 Å². The third-order valence-electron chi connectivity index (χ3n) is 4.48. The van der Waals surface area contributed by atoms with Gasteiger partial charge in [-0.25, -0.2) is 0 Å². The first-order valence-electron chi connectivity index (χ1n) is 9.41. The molecule has 6 nitrogen and oxygen atoms in total. The van der Waals surface area contributed by atoms with Gasteiger partial charge in [0.15, 0.2) is 0 Å². The average molecular weight is 402 g/mol. The summed E-state index contributed by atoms with van der Waals surface area (Å²) in [5, 5.41) is 5.64. The highest BCUT2D eigenvalue weighted by Crippen LogP contribution is 2.22. The fraction of sp³-hybridized carbons (Fsp3) is 0.125. The smallest absolute Gasteiger partial charge is 0.308 e. The molecule has 6 heteroatoms. The third-order valence-corrected chi connectivity index (χ3v) is 4.48. The third kappa shape index (κ3) is 5.11. The van der Waals surface area contributed by atoms with Crippen LogP contribution in [0.25, 0.3) is 0 Å². The number of anilines is 2. The first-order valence-corrected chi connectivity index (χ1v) is 9.41. The Bertz CT molecular complexity index is 1040. The zero-order valence-corrected chi connectivity index (χ0v) is 17.0. The summed E-state index contributed by atoms with van der Waals surface area (Å²) >= 11 is 0. The van der Waals surface area contributed by atoms with Crippen molar-refractivity contribution in [3.63, 3.8) is 0 Å². The van der Waals surface area contributed by atoms with Crippen molar-refractivity contribution in [2.24, 2.45) is 0 Å². The van der Waals surface area contributed by atoms with E-state index in [4.69, 9.17) is 4.74 Å². The monoisotopic (exact) mass is 402 g/mol. The predicted octanol–water partition coefficient (Wildman–Crippen LogP) is 4.73. The van der Waals surface area contributed by atoms with Crippen LogP contribution < -0.4 is 15.4 Å². The zero-order chi connectivity index (χ0) is 21.7. The van der Waals surface area contributed by atoms with Crippen LogP contribution in [0.3, 0.4) is 0 Å². The number of ether oxygens (including phenoxy) is 1. The fourth-order valence-corrected chi connectivity index (χ4v) is 2.90. The topological polar surface area (TPSA) is 84.5 Å². The van der Waals surface area contributed by atoms with Crippen LogP contribution in [0, 0.1) is 13.8 Å². The van der Waals surface area contributed by atoms with E-state index < -0.39 is 17.8 Å². The molecule has 0 unspecified atom stereocenters. The summed E-state index contributed by atoms with van der Waals surface area (Å²) in [4.78, 5) is 37.0. The van der Waals surface area contributed by atoms with Gasteiger partial charge in [-0.1, -0.05) is 36.4 Å². The van der Waals surface area contributed by atoms with Crippen molar-refractivity contribution in [1.29, 1.82) is 0 Å². The van der Waals surface area contributed by atoms with E-state index in [1.165, 1.54) is 25.1 Å². The summed E-state index contributed by atoms with van der Waals surface area (Å²) < 4.78 is 5.14. The molecule has 2 N–H and O–H groups in total. The molecule has 30 heavy (non-hydrogen) atoms. The Kier molecular flexibility index (Phi) is 6.27. The Balaban J connectivity index is 1.92. The lowest BCUT2D eigenvalue weighted by molar-refractivity contribution is -0.131. The molecule has 0 aliphatic rings. The van der Waals surface area contributed by atoms with Gasteiger partial charge < -0.3 is 15.4 Å². The first kappa shape index (κ1) is 20.8. The molecule has 0 heterocycles. The molecule has 0 fully saturated rings. The molecule has 0 aliphatic heterocycles. The zero-order valence-electron chi connectivity index (χ0n) is 17.0. The molecule has 3 aromatic rings. The van der Waals surface area contributed by atoms with E-state index in [1.54, 1.807) is 12.1 Å². The number of amides is 2. The summed E-state index contributed by atoms with van der Waals surface area (Å²) in [6.45, 7) is 5.02. The lowest BCUT2D eigenvalue weighted by Gasteiger charge is -2.12. The summed E-state index contributed by atoms with van der Waals surface area (Å²) in [5.41, 5.74) is 3.52. The second-order valence-electron chi connectivity index (χ2n) is 6.88. The number of hydrogen-bond donors (Lipinski definition) is 2. The van der Waals surface area contributed by atoms with Crippen molar-refractivity contribution >= 4 is 29.2 Å². The van der Waals surface area contributed by atoms with Gasteiger partial charge >= 0.3 is 5.97 Å². The molecular formula is C24H22N2O4. The predicted molar refractivity (Wildman–Crippen MR) is 116 cm³/mol. The molecule has 0 aromatic heterocycles. The molecule has 0 radical (unpaired) electrons. The second-order valence-corrected chi connectivity index (χ2v) is 6.88. The number of aryl methyl sites for hydroxylation is 2. The fourth-order valence-electron chi connectivity index (χ4n) is 2.90. The maximum Gasteiger partial charge on any atom is 0.308 e. The minimum absolute atomic E-state index is 0.120. The van der Waals surface area contributed by atoms with E-state index in [2.05, 4.69) is 10.6 Å². The quantitative estimate of drug-likeness (QED) is 0.477. The largest absolute Gasteiger partial charge is 0.427 e. The summed E-state index contributed by atoms with van der Waals surface area (Å²) in [7, 11) is 0. The number of esters is 1. The summed E-state index contributed by atoms with van der Waals surface area (Å²) in [5.74, 6) is -1.25. The lowest BCUT2D eigenvalue weighted by Crippen LogP contribution is -2.17. The van der Waals surface area contributed by atoms with Gasteiger partial charge in [0.2, 0.25) is 0 Å². The van der Waals surface area contributed by atoms with Gasteiger partial charge in [0.1, 0.15) is 5.75 Å². The van der Waals surface area contributed by atoms with Gasteiger partial charge in [-0.15, -0.1) is 0 Å². The van der Waals surface area contributed by atoms with E-state index in [0.29, 0.717) is 11.4 Å². The highest BCUT2D eigenvalue weighted by atomic mass is 16.5. The van der Waals surface area contributed by atoms with Crippen LogP contribution in [0.1, 0.15) is 38.8 Å². The standard InChI is InChI=1S/C24H22N2O4/c1-15-8-4-6-10-21(15)25-23(28)18-12-19(14-20(13-18)30-17(3)27)24(29)26-22-11-7-5-9-16(22)2/h4-14H,1-3H3,(H,25,28)(H,26,29). The van der Waals surface area contributed by atoms with Crippen LogP contribution in [0.15, 0.2) is 66.7 Å². The van der Waals surface area contributed by atoms with Crippen LogP contribution in [0.5, 0.6) is 5.75 Å². The van der Waals surface area contributed by atoms with E-state index in [0.717, 1.165) is 11.1 Å². The van der Waals surface area contributed by atoms with Gasteiger partial charge in [0.25, 0.3) is 11.8 Å². The molecule has 0 bridgehead atoms. The van der Waals surface area contributed by atoms with Crippen LogP contribution >= 0.6 is 0 Å². The minimum Gasteiger partial charge on any atom is -0.427 e. The van der Waals surface area contributed by atoms with Gasteiger partial charge in [0, 0.05) is 29.4 Å². The van der Waals surface area contributed by atoms with Crippen LogP contribution in [0.4, 0.5) is 11.4 Å². The van der Waals surface area contributed by atoms with Gasteiger partial charge in [-0.05, 0) is 55.3 Å². The van der Waals surface area contributed by atoms with Crippen molar-refractivity contribution in [2.75, 3.05) is 10.6 Å². The van der Waals surface area contributed by atoms with Crippen LogP contribution in [0.2, 0.25) is 0 Å². The van der Waals surface area contributed by atoms with Gasteiger partial charge in [-0.2, -0.15) is 0 Å². The Morgan fingerprint density at radius 3 is 1.53 bits per heavy atom. The highest BCUT2D eigenvalue weighted by molar-refractivity contribution is 6.09. The maximum absolute atomic E-state index is 12.8. The molecule has 0 saturated carbocycles. The van der Waals surface area contributed by atoms with E-state index in [9.17, 15) is 14.4 Å². The van der Waals surface area contributed by atoms with Crippen LogP contribution in [-0.2, 0) is 4.79 Å². The van der Waals surface area contributed by atoms with Crippen molar-refractivity contribution in [2.45, 2.75) is 20.8 Å². The second kappa shape index (κ2) is 9.05. The molecular weight excluding hydrogens is 380 g/mol. The number of hydrogen-bond acceptors (Lipinski definition) is 4. The average Bonchev–Trinajstić information content (AvgIpc) is 2.70. The number of benzene rings is 3. The first-order chi connectivity index (χ1) is 14.3. The molecule has 0 spiro atoms. The number of carbonyl (C=O) groups excluding carboxylic acids is 3. The molecule has 0 aliphatic carbocycles. The maximum atomic E-state index is 12.8. The number of nitrogens with one attached hydrogen (secondary N) is 2. The Labute approximate surface area is 174 Å². The molecule has 3 aromatic carbocycles. The highest BCUT2D eigenvalue weighted by Gasteiger charge is 2.16. The Morgan fingerprint density at radius 2 is 1.13 bits per heavy atom. The van der Waals surface area contributed by atoms with Gasteiger partial charge in [0.05, 0.1) is 0 Å². The molecule has 2 amide bonds. The number of para-hydroxylation sites is 2. The summed E-state index contributed by atoms with van der Waals surface area (Å²) in [6.07, 6.45) is 0. The van der Waals surface area contributed by atoms with Crippen molar-refractivity contribution in [3.05, 3.63) is 89.0 Å². The normalized spacial score (nSPS) is 10.2. The minimum atomic E-state index is -0.545. The van der Waals surface area contributed by atoms with E-state index in [1.807, 2.05) is 50.2 Å². The molecule has 3 rings (SSSR count). The molecule has 152 valence electrons. The SMILES string of the molecule is CC(=O)Oc1cc(C(=O)Nc2ccccc2C)cc(C(=O)Nc2ccccc2C)c1. The number of carbonyl (C=O) groups is 3. The summed E-state index contributed by atoms with van der Waals surface area (Å²) in [6, 6.07) is 19.0. The van der Waals surface area contributed by atoms with Gasteiger partial charge in [-0.3, -0.25) is 14.4 Å². The van der Waals surface area contributed by atoms with Crippen molar-refractivity contribution in [3.8, 4) is 5.75 Å².